The molecule has 0 atom stereocenters. The molecule has 5 nitrogen and oxygen atoms in total. The van der Waals surface area contributed by atoms with Gasteiger partial charge in [-0.25, -0.2) is 9.37 Å². The molecule has 1 aliphatic carbocycles. The largest absolute Gasteiger partial charge is 0.382 e. The average Bonchev–Trinajstić information content (AvgIpc) is 3.19. The van der Waals surface area contributed by atoms with Crippen molar-refractivity contribution in [1.82, 2.24) is 4.98 Å². The van der Waals surface area contributed by atoms with Gasteiger partial charge in [-0.15, -0.1) is 0 Å². The number of thiazole rings is 1. The summed E-state index contributed by atoms with van der Waals surface area (Å²) in [6, 6.07) is 6.31. The lowest BCUT2D eigenvalue weighted by molar-refractivity contribution is 0.0997. The monoisotopic (exact) mass is 306 g/mol. The quantitative estimate of drug-likeness (QED) is 0.911. The van der Waals surface area contributed by atoms with Crippen molar-refractivity contribution in [3.63, 3.8) is 0 Å². The van der Waals surface area contributed by atoms with Crippen molar-refractivity contribution in [1.29, 1.82) is 0 Å². The Bertz CT molecular complexity index is 683. The van der Waals surface area contributed by atoms with Gasteiger partial charge in [-0.05, 0) is 31.0 Å². The van der Waals surface area contributed by atoms with Crippen molar-refractivity contribution in [3.8, 4) is 0 Å². The number of hydrogen-bond acceptors (Lipinski definition) is 5. The number of amides is 1. The van der Waals surface area contributed by atoms with Crippen LogP contribution < -0.4 is 16.0 Å². The van der Waals surface area contributed by atoms with Crippen molar-refractivity contribution in [2.24, 2.45) is 0 Å². The molecule has 3 rings (SSSR count). The lowest BCUT2D eigenvalue weighted by Crippen LogP contribution is -2.26. The molecule has 21 heavy (non-hydrogen) atoms. The molecule has 1 amide bonds. The van der Waals surface area contributed by atoms with Crippen molar-refractivity contribution < 1.29 is 9.18 Å². The average molecular weight is 306 g/mol. The van der Waals surface area contributed by atoms with E-state index in [1.807, 2.05) is 0 Å². The number of benzene rings is 1. The lowest BCUT2D eigenvalue weighted by atomic mass is 10.3. The molecule has 1 heterocycles. The second-order valence-corrected chi connectivity index (χ2v) is 6.00. The Morgan fingerprint density at radius 1 is 1.52 bits per heavy atom. The normalized spacial score (nSPS) is 14.0. The van der Waals surface area contributed by atoms with Gasteiger partial charge in [-0.3, -0.25) is 4.79 Å². The number of nitrogens with zero attached hydrogens (tertiary/aromatic N) is 2. The fourth-order valence-corrected chi connectivity index (χ4v) is 2.84. The fourth-order valence-electron chi connectivity index (χ4n) is 1.90. The first-order valence-corrected chi connectivity index (χ1v) is 7.42. The predicted octanol–water partition coefficient (Wildman–Crippen LogP) is 2.72. The maximum Gasteiger partial charge on any atom is 0.272 e. The van der Waals surface area contributed by atoms with E-state index in [-0.39, 0.29) is 17.5 Å². The molecule has 0 radical (unpaired) electrons. The van der Waals surface area contributed by atoms with Gasteiger partial charge in [0.25, 0.3) is 5.91 Å². The van der Waals surface area contributed by atoms with Crippen LogP contribution in [0.15, 0.2) is 24.3 Å². The Labute approximate surface area is 125 Å². The third kappa shape index (κ3) is 2.97. The zero-order valence-electron chi connectivity index (χ0n) is 11.5. The highest BCUT2D eigenvalue weighted by atomic mass is 32.1. The molecule has 0 saturated heterocycles. The van der Waals surface area contributed by atoms with E-state index in [2.05, 4.69) is 10.3 Å². The SMILES string of the molecule is CN(C(=O)c1sc(NC2CC2)nc1N)c1cccc(F)c1. The van der Waals surface area contributed by atoms with Gasteiger partial charge in [-0.2, -0.15) is 0 Å². The Balaban J connectivity index is 1.82. The van der Waals surface area contributed by atoms with Crippen LogP contribution in [0.2, 0.25) is 0 Å². The van der Waals surface area contributed by atoms with Crippen molar-refractivity contribution in [2.45, 2.75) is 18.9 Å². The summed E-state index contributed by atoms with van der Waals surface area (Å²) in [7, 11) is 1.59. The van der Waals surface area contributed by atoms with Crippen LogP contribution in [0.5, 0.6) is 0 Å². The van der Waals surface area contributed by atoms with Gasteiger partial charge in [0, 0.05) is 18.8 Å². The first kappa shape index (κ1) is 13.8. The van der Waals surface area contributed by atoms with Gasteiger partial charge in [0.15, 0.2) is 5.13 Å². The standard InChI is InChI=1S/C14H15FN4OS/c1-19(10-4-2-3-8(15)7-10)13(20)11-12(16)18-14(21-11)17-9-5-6-9/h2-4,7,9H,5-6,16H2,1H3,(H,17,18). The maximum absolute atomic E-state index is 13.2. The van der Waals surface area contributed by atoms with Crippen LogP contribution in [-0.4, -0.2) is 24.0 Å². The van der Waals surface area contributed by atoms with E-state index in [1.54, 1.807) is 19.2 Å². The molecular formula is C14H15FN4OS. The lowest BCUT2D eigenvalue weighted by Gasteiger charge is -2.16. The van der Waals surface area contributed by atoms with E-state index in [0.717, 1.165) is 12.8 Å². The van der Waals surface area contributed by atoms with Gasteiger partial charge in [0.1, 0.15) is 16.5 Å². The summed E-state index contributed by atoms with van der Waals surface area (Å²) in [6.45, 7) is 0. The Kier molecular flexibility index (Phi) is 3.50. The molecular weight excluding hydrogens is 291 g/mol. The van der Waals surface area contributed by atoms with Gasteiger partial charge in [-0.1, -0.05) is 17.4 Å². The number of nitrogen functional groups attached to an aromatic ring is 1. The third-order valence-corrected chi connectivity index (χ3v) is 4.24. The van der Waals surface area contributed by atoms with Gasteiger partial charge >= 0.3 is 0 Å². The highest BCUT2D eigenvalue weighted by Crippen LogP contribution is 2.31. The van der Waals surface area contributed by atoms with Crippen LogP contribution in [0.3, 0.4) is 0 Å². The zero-order chi connectivity index (χ0) is 15.0. The molecule has 1 saturated carbocycles. The summed E-state index contributed by atoms with van der Waals surface area (Å²) >= 11 is 1.23. The summed E-state index contributed by atoms with van der Waals surface area (Å²) < 4.78 is 13.2. The molecule has 1 aliphatic rings. The number of carbonyl (C=O) groups excluding carboxylic acids is 1. The highest BCUT2D eigenvalue weighted by molar-refractivity contribution is 7.18. The Morgan fingerprint density at radius 3 is 2.95 bits per heavy atom. The van der Waals surface area contributed by atoms with E-state index >= 15 is 0 Å². The zero-order valence-corrected chi connectivity index (χ0v) is 12.3. The number of nitrogens with one attached hydrogen (secondary N) is 1. The number of rotatable bonds is 4. The van der Waals surface area contributed by atoms with E-state index in [0.29, 0.717) is 21.7 Å². The summed E-state index contributed by atoms with van der Waals surface area (Å²) in [5.41, 5.74) is 6.30. The van der Waals surface area contributed by atoms with E-state index in [4.69, 9.17) is 5.73 Å². The number of aromatic nitrogens is 1. The molecule has 3 N–H and O–H groups in total. The number of nitrogens with two attached hydrogens (primary N) is 1. The first-order chi connectivity index (χ1) is 10.0. The Hall–Kier alpha value is -2.15. The molecule has 1 aromatic heterocycles. The van der Waals surface area contributed by atoms with Crippen LogP contribution in [0.1, 0.15) is 22.5 Å². The molecule has 7 heteroatoms. The van der Waals surface area contributed by atoms with E-state index < -0.39 is 0 Å². The summed E-state index contributed by atoms with van der Waals surface area (Å²) in [4.78, 5) is 18.4. The summed E-state index contributed by atoms with van der Waals surface area (Å²) in [6.07, 6.45) is 2.23. The fraction of sp³-hybridized carbons (Fsp3) is 0.286. The second-order valence-electron chi connectivity index (χ2n) is 5.00. The second kappa shape index (κ2) is 5.33. The van der Waals surface area contributed by atoms with Crippen LogP contribution >= 0.6 is 11.3 Å². The van der Waals surface area contributed by atoms with Crippen molar-refractivity contribution >= 4 is 33.9 Å². The Morgan fingerprint density at radius 2 is 2.29 bits per heavy atom. The minimum absolute atomic E-state index is 0.205. The third-order valence-electron chi connectivity index (χ3n) is 3.25. The number of carbonyl (C=O) groups is 1. The minimum atomic E-state index is -0.388. The van der Waals surface area contributed by atoms with Gasteiger partial charge in [0.2, 0.25) is 0 Å². The van der Waals surface area contributed by atoms with Crippen molar-refractivity contribution in [2.75, 3.05) is 23.0 Å². The summed E-state index contributed by atoms with van der Waals surface area (Å²) in [5.74, 6) is -0.476. The first-order valence-electron chi connectivity index (χ1n) is 6.61. The van der Waals surface area contributed by atoms with Crippen LogP contribution in [0.25, 0.3) is 0 Å². The molecule has 1 fully saturated rings. The highest BCUT2D eigenvalue weighted by Gasteiger charge is 2.25. The van der Waals surface area contributed by atoms with Gasteiger partial charge < -0.3 is 16.0 Å². The van der Waals surface area contributed by atoms with Crippen molar-refractivity contribution in [3.05, 3.63) is 35.0 Å². The molecule has 2 aromatic rings. The van der Waals surface area contributed by atoms with E-state index in [1.165, 1.54) is 28.4 Å². The molecule has 110 valence electrons. The molecule has 0 bridgehead atoms. The predicted molar refractivity (Wildman–Crippen MR) is 82.3 cm³/mol. The van der Waals surface area contributed by atoms with Crippen LogP contribution in [0, 0.1) is 5.82 Å². The number of anilines is 3. The van der Waals surface area contributed by atoms with Crippen LogP contribution in [0.4, 0.5) is 21.0 Å². The van der Waals surface area contributed by atoms with Crippen LogP contribution in [-0.2, 0) is 0 Å². The number of hydrogen-bond donors (Lipinski definition) is 2. The molecule has 1 aromatic carbocycles. The topological polar surface area (TPSA) is 71.2 Å². The molecule has 0 unspecified atom stereocenters. The smallest absolute Gasteiger partial charge is 0.272 e. The van der Waals surface area contributed by atoms with E-state index in [9.17, 15) is 9.18 Å². The summed E-state index contributed by atoms with van der Waals surface area (Å²) in [5, 5.41) is 3.87. The minimum Gasteiger partial charge on any atom is -0.382 e. The number of halogens is 1. The molecule has 0 spiro atoms. The van der Waals surface area contributed by atoms with Gasteiger partial charge in [0.05, 0.1) is 0 Å². The molecule has 0 aliphatic heterocycles. The maximum atomic E-state index is 13.2.